The largest absolute Gasteiger partial charge is 0.454 e. The van der Waals surface area contributed by atoms with Crippen LogP contribution in [-0.4, -0.2) is 33.0 Å². The van der Waals surface area contributed by atoms with Crippen LogP contribution in [0.25, 0.3) is 0 Å². The number of fused-ring (bicyclic) bond motifs is 1. The molecule has 0 saturated heterocycles. The van der Waals surface area contributed by atoms with Gasteiger partial charge in [0.1, 0.15) is 5.75 Å². The zero-order valence-corrected chi connectivity index (χ0v) is 16.6. The van der Waals surface area contributed by atoms with Crippen molar-refractivity contribution in [1.82, 2.24) is 10.6 Å². The molecule has 0 saturated carbocycles. The van der Waals surface area contributed by atoms with Gasteiger partial charge in [0, 0.05) is 31.8 Å². The van der Waals surface area contributed by atoms with Gasteiger partial charge in [0.15, 0.2) is 17.5 Å². The Kier molecular flexibility index (Phi) is 9.61. The number of nitrogens with zero attached hydrogens (tertiary/aromatic N) is 1. The van der Waals surface area contributed by atoms with E-state index in [-0.39, 0.29) is 43.1 Å². The van der Waals surface area contributed by atoms with Crippen molar-refractivity contribution in [1.29, 1.82) is 0 Å². The average molecular weight is 471 g/mol. The third-order valence-electron chi connectivity index (χ3n) is 3.51. The molecule has 9 heteroatoms. The van der Waals surface area contributed by atoms with Crippen LogP contribution in [0.15, 0.2) is 17.1 Å². The zero-order valence-electron chi connectivity index (χ0n) is 14.3. The Labute approximate surface area is 163 Å². The van der Waals surface area contributed by atoms with Gasteiger partial charge in [0.25, 0.3) is 0 Å². The molecule has 0 aliphatic carbocycles. The van der Waals surface area contributed by atoms with Crippen molar-refractivity contribution in [2.75, 3.05) is 20.4 Å². The van der Waals surface area contributed by atoms with Crippen LogP contribution in [-0.2, 0) is 6.54 Å². The van der Waals surface area contributed by atoms with Gasteiger partial charge in [-0.1, -0.05) is 19.8 Å². The summed E-state index contributed by atoms with van der Waals surface area (Å²) < 4.78 is 40.3. The van der Waals surface area contributed by atoms with E-state index < -0.39 is 6.61 Å². The average Bonchev–Trinajstić information content (AvgIpc) is 3.00. The van der Waals surface area contributed by atoms with Gasteiger partial charge in [0.05, 0.1) is 0 Å². The first-order valence-corrected chi connectivity index (χ1v) is 7.96. The number of halogens is 3. The van der Waals surface area contributed by atoms with Crippen LogP contribution in [0, 0.1) is 0 Å². The number of rotatable bonds is 8. The van der Waals surface area contributed by atoms with Crippen molar-refractivity contribution in [3.05, 3.63) is 17.7 Å². The maximum absolute atomic E-state index is 12.6. The summed E-state index contributed by atoms with van der Waals surface area (Å²) in [6, 6.07) is 3.06. The van der Waals surface area contributed by atoms with Crippen molar-refractivity contribution in [2.24, 2.45) is 4.99 Å². The van der Waals surface area contributed by atoms with Crippen molar-refractivity contribution in [3.8, 4) is 17.2 Å². The predicted octanol–water partition coefficient (Wildman–Crippen LogP) is 3.49. The standard InChI is InChI=1S/C16H23F2N3O3.HI/c1-3-4-5-6-20-16(19-2)21-9-11-7-13-14(23-10-22-13)8-12(11)24-15(17)18;/h7-8,15H,3-6,9-10H2,1-2H3,(H2,19,20,21);1H. The number of nitrogens with one attached hydrogen (secondary N) is 2. The fourth-order valence-corrected chi connectivity index (χ4v) is 2.29. The topological polar surface area (TPSA) is 64.1 Å². The minimum absolute atomic E-state index is 0. The molecule has 0 spiro atoms. The number of hydrogen-bond acceptors (Lipinski definition) is 4. The second kappa shape index (κ2) is 11.2. The molecule has 142 valence electrons. The van der Waals surface area contributed by atoms with Crippen LogP contribution < -0.4 is 24.8 Å². The molecule has 0 radical (unpaired) electrons. The minimum Gasteiger partial charge on any atom is -0.454 e. The van der Waals surface area contributed by atoms with Crippen molar-refractivity contribution in [3.63, 3.8) is 0 Å². The molecule has 1 aromatic carbocycles. The van der Waals surface area contributed by atoms with Crippen molar-refractivity contribution in [2.45, 2.75) is 39.3 Å². The Morgan fingerprint density at radius 3 is 2.60 bits per heavy atom. The van der Waals surface area contributed by atoms with E-state index in [9.17, 15) is 8.78 Å². The molecule has 0 amide bonds. The lowest BCUT2D eigenvalue weighted by atomic mass is 10.1. The summed E-state index contributed by atoms with van der Waals surface area (Å²) in [6.45, 7) is 0.370. The highest BCUT2D eigenvalue weighted by Gasteiger charge is 2.20. The van der Waals surface area contributed by atoms with E-state index in [1.807, 2.05) is 0 Å². The Morgan fingerprint density at radius 1 is 1.24 bits per heavy atom. The smallest absolute Gasteiger partial charge is 0.387 e. The number of alkyl halides is 2. The molecule has 25 heavy (non-hydrogen) atoms. The molecule has 0 bridgehead atoms. The van der Waals surface area contributed by atoms with Gasteiger partial charge in [-0.2, -0.15) is 8.78 Å². The molecular formula is C16H24F2IN3O3. The van der Waals surface area contributed by atoms with E-state index in [4.69, 9.17) is 9.47 Å². The number of hydrogen-bond donors (Lipinski definition) is 2. The normalized spacial score (nSPS) is 12.8. The Hall–Kier alpha value is -1.52. The van der Waals surface area contributed by atoms with Crippen LogP contribution in [0.1, 0.15) is 31.7 Å². The van der Waals surface area contributed by atoms with E-state index in [1.54, 1.807) is 13.1 Å². The summed E-state index contributed by atoms with van der Waals surface area (Å²) in [4.78, 5) is 4.11. The van der Waals surface area contributed by atoms with E-state index in [0.717, 1.165) is 25.8 Å². The monoisotopic (exact) mass is 471 g/mol. The van der Waals surface area contributed by atoms with Gasteiger partial charge in [-0.15, -0.1) is 24.0 Å². The second-order valence-corrected chi connectivity index (χ2v) is 5.25. The highest BCUT2D eigenvalue weighted by molar-refractivity contribution is 14.0. The third-order valence-corrected chi connectivity index (χ3v) is 3.51. The number of aliphatic imine (C=N–C) groups is 1. The third kappa shape index (κ3) is 6.71. The first kappa shape index (κ1) is 21.5. The highest BCUT2D eigenvalue weighted by atomic mass is 127. The second-order valence-electron chi connectivity index (χ2n) is 5.25. The first-order valence-electron chi connectivity index (χ1n) is 7.96. The van der Waals surface area contributed by atoms with E-state index in [1.165, 1.54) is 6.07 Å². The Balaban J connectivity index is 0.00000312. The quantitative estimate of drug-likeness (QED) is 0.263. The van der Waals surface area contributed by atoms with Gasteiger partial charge in [-0.25, -0.2) is 0 Å². The Morgan fingerprint density at radius 2 is 1.96 bits per heavy atom. The lowest BCUT2D eigenvalue weighted by molar-refractivity contribution is -0.0505. The van der Waals surface area contributed by atoms with Crippen LogP contribution in [0.5, 0.6) is 17.2 Å². The molecule has 2 N–H and O–H groups in total. The molecule has 1 heterocycles. The number of ether oxygens (including phenoxy) is 3. The minimum atomic E-state index is -2.91. The molecule has 1 aliphatic heterocycles. The summed E-state index contributed by atoms with van der Waals surface area (Å²) in [6.07, 6.45) is 3.32. The number of benzene rings is 1. The fraction of sp³-hybridized carbons (Fsp3) is 0.562. The summed E-state index contributed by atoms with van der Waals surface area (Å²) in [5.74, 6) is 1.57. The van der Waals surface area contributed by atoms with E-state index in [0.29, 0.717) is 23.0 Å². The maximum Gasteiger partial charge on any atom is 0.387 e. The van der Waals surface area contributed by atoms with Gasteiger partial charge < -0.3 is 24.8 Å². The summed E-state index contributed by atoms with van der Waals surface area (Å²) >= 11 is 0. The lowest BCUT2D eigenvalue weighted by Crippen LogP contribution is -2.37. The molecule has 2 rings (SSSR count). The molecule has 0 aromatic heterocycles. The predicted molar refractivity (Wildman–Crippen MR) is 102 cm³/mol. The summed E-state index contributed by atoms with van der Waals surface area (Å²) in [5.41, 5.74) is 0.538. The van der Waals surface area contributed by atoms with Gasteiger partial charge >= 0.3 is 6.61 Å². The van der Waals surface area contributed by atoms with Crippen molar-refractivity contribution >= 4 is 29.9 Å². The molecule has 0 unspecified atom stereocenters. The molecule has 1 aliphatic rings. The summed E-state index contributed by atoms with van der Waals surface area (Å²) in [5, 5.41) is 6.27. The van der Waals surface area contributed by atoms with E-state index in [2.05, 4.69) is 27.3 Å². The fourth-order valence-electron chi connectivity index (χ4n) is 2.29. The molecule has 6 nitrogen and oxygen atoms in total. The maximum atomic E-state index is 12.6. The number of guanidine groups is 1. The van der Waals surface area contributed by atoms with E-state index >= 15 is 0 Å². The van der Waals surface area contributed by atoms with Gasteiger partial charge in [0.2, 0.25) is 6.79 Å². The van der Waals surface area contributed by atoms with Crippen LogP contribution in [0.2, 0.25) is 0 Å². The van der Waals surface area contributed by atoms with Crippen LogP contribution in [0.3, 0.4) is 0 Å². The molecule has 1 aromatic rings. The zero-order chi connectivity index (χ0) is 17.4. The van der Waals surface area contributed by atoms with Crippen LogP contribution in [0.4, 0.5) is 8.78 Å². The van der Waals surface area contributed by atoms with Crippen molar-refractivity contribution < 1.29 is 23.0 Å². The van der Waals surface area contributed by atoms with Crippen LogP contribution >= 0.6 is 24.0 Å². The first-order chi connectivity index (χ1) is 11.6. The summed E-state index contributed by atoms with van der Waals surface area (Å²) in [7, 11) is 1.66. The lowest BCUT2D eigenvalue weighted by Gasteiger charge is -2.15. The SMILES string of the molecule is CCCCCNC(=NC)NCc1cc2c(cc1OC(F)F)OCO2.I. The molecule has 0 atom stereocenters. The molecule has 0 fully saturated rings. The highest BCUT2D eigenvalue weighted by Crippen LogP contribution is 2.38. The Bertz CT molecular complexity index is 574. The van der Waals surface area contributed by atoms with Gasteiger partial charge in [-0.3, -0.25) is 4.99 Å². The molecular weight excluding hydrogens is 447 g/mol. The van der Waals surface area contributed by atoms with Gasteiger partial charge in [-0.05, 0) is 12.5 Å². The number of unbranched alkanes of at least 4 members (excludes halogenated alkanes) is 2.